The van der Waals surface area contributed by atoms with Gasteiger partial charge in [0, 0.05) is 0 Å². The number of carbonyl (C=O) groups excluding carboxylic acids is 3. The summed E-state index contributed by atoms with van der Waals surface area (Å²) < 4.78 is 22.2. The molecule has 1 aromatic heterocycles. The van der Waals surface area contributed by atoms with E-state index < -0.39 is 31.9 Å². The topological polar surface area (TPSA) is 134 Å². The summed E-state index contributed by atoms with van der Waals surface area (Å²) in [5.74, 6) is -0.154. The molecule has 3 heterocycles. The number of rotatable bonds is 9. The van der Waals surface area contributed by atoms with Gasteiger partial charge >= 0.3 is 234 Å². The summed E-state index contributed by atoms with van der Waals surface area (Å²) in [7, 11) is 1.14. The summed E-state index contributed by atoms with van der Waals surface area (Å²) in [4.78, 5) is 53.2. The molecule has 0 radical (unpaired) electrons. The molecule has 2 aliphatic rings. The molecule has 2 aromatic rings. The van der Waals surface area contributed by atoms with E-state index in [1.54, 1.807) is 18.1 Å². The number of carbonyl (C=O) groups is 3. The molecule has 41 heavy (non-hydrogen) atoms. The van der Waals surface area contributed by atoms with Gasteiger partial charge in [-0.2, -0.15) is 0 Å². The van der Waals surface area contributed by atoms with Crippen LogP contribution in [0.4, 0.5) is 10.6 Å². The monoisotopic (exact) mass is 582 g/mol. The van der Waals surface area contributed by atoms with Crippen molar-refractivity contribution in [2.24, 2.45) is 0 Å². The van der Waals surface area contributed by atoms with Crippen molar-refractivity contribution in [2.75, 3.05) is 57.9 Å². The van der Waals surface area contributed by atoms with Gasteiger partial charge in [0.05, 0.1) is 0 Å². The standard InChI is InChI=1S/C28H35N6O6P/c1-3-4-16-40-28(37)33-14-12-32(13-15-33)27(36)23(19-41-38)30-26(35)22-17-24(34-11-10-21(18-34)39-2)31-25(29-22)20-8-6-5-7-9-20/h5-9,17,21,23H,3-4,10-16,18H2,1-2H3,(H,30,35)/t21-,23-/m0/s1. The summed E-state index contributed by atoms with van der Waals surface area (Å²) in [5.41, 5.74) is 3.30. The van der Waals surface area contributed by atoms with Gasteiger partial charge in [-0.05, 0) is 0 Å². The average molecular weight is 583 g/mol. The van der Waals surface area contributed by atoms with Crippen molar-refractivity contribution in [3.05, 3.63) is 42.1 Å². The van der Waals surface area contributed by atoms with Crippen molar-refractivity contribution in [3.63, 3.8) is 0 Å². The third kappa shape index (κ3) is 7.94. The van der Waals surface area contributed by atoms with E-state index in [9.17, 15) is 18.9 Å². The van der Waals surface area contributed by atoms with Gasteiger partial charge in [-0.3, -0.25) is 0 Å². The van der Waals surface area contributed by atoms with Crippen LogP contribution in [0.1, 0.15) is 36.7 Å². The fourth-order valence-electron chi connectivity index (χ4n) is 4.65. The number of hydrogen-bond acceptors (Lipinski definition) is 9. The molecule has 3 amide bonds. The molecule has 4 rings (SSSR count). The fourth-order valence-corrected chi connectivity index (χ4v) is 4.93. The van der Waals surface area contributed by atoms with E-state index >= 15 is 0 Å². The second-order valence-electron chi connectivity index (χ2n) is 9.80. The Morgan fingerprint density at radius 3 is 2.49 bits per heavy atom. The van der Waals surface area contributed by atoms with Crippen LogP contribution in [0, 0.1) is 5.63 Å². The van der Waals surface area contributed by atoms with Gasteiger partial charge in [-0.15, -0.1) is 0 Å². The zero-order valence-electron chi connectivity index (χ0n) is 23.3. The summed E-state index contributed by atoms with van der Waals surface area (Å²) in [6, 6.07) is 9.62. The molecule has 0 unspecified atom stereocenters. The molecule has 2 atom stereocenters. The number of nitrogens with zero attached hydrogens (tertiary/aromatic N) is 5. The maximum absolute atomic E-state index is 13.4. The normalized spacial score (nSPS) is 17.5. The van der Waals surface area contributed by atoms with Crippen molar-refractivity contribution in [2.45, 2.75) is 38.3 Å². The predicted molar refractivity (Wildman–Crippen MR) is 152 cm³/mol. The molecule has 13 heteroatoms. The van der Waals surface area contributed by atoms with E-state index in [4.69, 9.17) is 14.5 Å². The Labute approximate surface area is 240 Å². The number of hydrogen-bond donors (Lipinski definition) is 1. The Kier molecular flexibility index (Phi) is 10.9. The summed E-state index contributed by atoms with van der Waals surface area (Å²) in [6.07, 6.45) is 2.19. The van der Waals surface area contributed by atoms with Gasteiger partial charge in [-0.1, -0.05) is 6.92 Å². The molecule has 0 saturated carbocycles. The van der Waals surface area contributed by atoms with Gasteiger partial charge in [0.1, 0.15) is 0 Å². The second kappa shape index (κ2) is 14.8. The molecule has 2 saturated heterocycles. The van der Waals surface area contributed by atoms with Crippen molar-refractivity contribution in [3.8, 4) is 17.0 Å². The number of methoxy groups -OCH3 is 1. The molecule has 2 fully saturated rings. The van der Waals surface area contributed by atoms with Crippen LogP contribution >= 0.6 is 7.92 Å². The number of amides is 3. The van der Waals surface area contributed by atoms with E-state index in [1.807, 2.05) is 42.2 Å². The summed E-state index contributed by atoms with van der Waals surface area (Å²) in [6.45, 7) is 4.78. The minimum absolute atomic E-state index is 0.0587. The molecule has 0 bridgehead atoms. The Hall–Kier alpha value is -3.72. The van der Waals surface area contributed by atoms with Crippen molar-refractivity contribution < 1.29 is 28.4 Å². The Balaban J connectivity index is 1.48. The first-order valence-electron chi connectivity index (χ1n) is 13.7. The summed E-state index contributed by atoms with van der Waals surface area (Å²) in [5, 5.41) is 2.63. The molecule has 2 aliphatic heterocycles. The second-order valence-corrected chi connectivity index (χ2v) is 10.2. The minimum atomic E-state index is -1.27. The summed E-state index contributed by atoms with van der Waals surface area (Å²) >= 11 is 0. The fraction of sp³-hybridized carbons (Fsp3) is 0.500. The molecule has 0 aliphatic carbocycles. The third-order valence-electron chi connectivity index (χ3n) is 7.06. The first-order valence-corrected chi connectivity index (χ1v) is 14.6. The van der Waals surface area contributed by atoms with Gasteiger partial charge in [0.2, 0.25) is 0 Å². The Morgan fingerprint density at radius 2 is 1.83 bits per heavy atom. The van der Waals surface area contributed by atoms with Crippen LogP contribution in [0.5, 0.6) is 0 Å². The molecule has 218 valence electrons. The first kappa shape index (κ1) is 30.2. The predicted octanol–water partition coefficient (Wildman–Crippen LogP) is 2.80. The van der Waals surface area contributed by atoms with E-state index in [0.29, 0.717) is 44.4 Å². The quantitative estimate of drug-likeness (QED) is 0.350. The SMILES string of the molecule is CCCCOC(=O)N1CCN(C(=O)[C@H](C#P=O)NC(=O)c2cc(N3CC[C@H](OC)C3)nc(-c3ccccc3)n2)CC1. The number of ether oxygens (including phenoxy) is 2. The van der Waals surface area contributed by atoms with Crippen LogP contribution in [-0.2, 0) is 18.8 Å². The van der Waals surface area contributed by atoms with Crippen molar-refractivity contribution in [1.82, 2.24) is 25.1 Å². The number of anilines is 1. The molecule has 1 aromatic carbocycles. The van der Waals surface area contributed by atoms with Crippen molar-refractivity contribution in [1.29, 1.82) is 0 Å². The average Bonchev–Trinajstić information content (AvgIpc) is 3.50. The Morgan fingerprint density at radius 1 is 1.10 bits per heavy atom. The van der Waals surface area contributed by atoms with E-state index in [1.165, 1.54) is 4.90 Å². The molecule has 1 N–H and O–H groups in total. The van der Waals surface area contributed by atoms with Crippen molar-refractivity contribution >= 4 is 31.6 Å². The van der Waals surface area contributed by atoms with Crippen LogP contribution in [-0.4, -0.2) is 103 Å². The van der Waals surface area contributed by atoms with Crippen LogP contribution in [0.3, 0.4) is 0 Å². The van der Waals surface area contributed by atoms with Crippen LogP contribution in [0.25, 0.3) is 11.4 Å². The van der Waals surface area contributed by atoms with Crippen LogP contribution in [0.2, 0.25) is 0 Å². The molecule has 0 spiro atoms. The Bertz CT molecular complexity index is 1330. The number of aromatic nitrogens is 2. The van der Waals surface area contributed by atoms with Gasteiger partial charge in [0.15, 0.2) is 0 Å². The number of unbranched alkanes of at least 4 members (excludes halogenated alkanes) is 1. The molecular weight excluding hydrogens is 547 g/mol. The van der Waals surface area contributed by atoms with Gasteiger partial charge in [-0.25, -0.2) is 0 Å². The number of benzene rings is 1. The van der Waals surface area contributed by atoms with E-state index in [2.05, 4.69) is 15.9 Å². The van der Waals surface area contributed by atoms with Gasteiger partial charge in [0.25, 0.3) is 0 Å². The molecule has 12 nitrogen and oxygen atoms in total. The van der Waals surface area contributed by atoms with Crippen LogP contribution in [0.15, 0.2) is 36.4 Å². The number of piperazine rings is 1. The number of nitrogens with one attached hydrogen (secondary N) is 1. The van der Waals surface area contributed by atoms with E-state index in [-0.39, 0.29) is 24.9 Å². The molecular formula is C28H35N6O6P. The maximum atomic E-state index is 13.4. The van der Waals surface area contributed by atoms with Gasteiger partial charge < -0.3 is 0 Å². The zero-order valence-corrected chi connectivity index (χ0v) is 24.2. The first-order chi connectivity index (χ1) is 19.9. The van der Waals surface area contributed by atoms with Crippen LogP contribution < -0.4 is 10.2 Å². The zero-order chi connectivity index (χ0) is 29.2. The van der Waals surface area contributed by atoms with E-state index in [0.717, 1.165) is 24.8 Å². The third-order valence-corrected chi connectivity index (χ3v) is 7.42.